The number of carboxylic acid groups (broad SMARTS) is 1. The van der Waals surface area contributed by atoms with Gasteiger partial charge in [-0.2, -0.15) is 0 Å². The lowest BCUT2D eigenvalue weighted by Crippen LogP contribution is -2.60. The quantitative estimate of drug-likeness (QED) is 0.179. The van der Waals surface area contributed by atoms with Gasteiger partial charge in [0.25, 0.3) is 0 Å². The average Bonchev–Trinajstić information content (AvgIpc) is 2.87. The first-order valence-corrected chi connectivity index (χ1v) is 12.8. The summed E-state index contributed by atoms with van der Waals surface area (Å²) >= 11 is 0. The van der Waals surface area contributed by atoms with Crippen molar-refractivity contribution in [1.29, 1.82) is 0 Å². The Balaban J connectivity index is 2.17. The fourth-order valence-electron chi connectivity index (χ4n) is 3.93. The fourth-order valence-corrected chi connectivity index (χ4v) is 3.93. The highest BCUT2D eigenvalue weighted by Crippen LogP contribution is 2.12. The van der Waals surface area contributed by atoms with E-state index in [0.29, 0.717) is 11.1 Å². The van der Waals surface area contributed by atoms with Gasteiger partial charge in [0.1, 0.15) is 23.9 Å². The zero-order chi connectivity index (χ0) is 29.1. The molecule has 0 fully saturated rings. The van der Waals surface area contributed by atoms with Crippen LogP contribution in [0, 0.1) is 5.92 Å². The number of hydrogen-bond donors (Lipinski definition) is 7. The Bertz CT molecular complexity index is 1110. The van der Waals surface area contributed by atoms with E-state index in [4.69, 9.17) is 5.73 Å². The molecule has 2 rings (SSSR count). The molecule has 0 spiro atoms. The number of hydrogen-bond acceptors (Lipinski definition) is 7. The van der Waals surface area contributed by atoms with Gasteiger partial charge in [0.15, 0.2) is 0 Å². The molecule has 0 saturated heterocycles. The average molecular weight is 543 g/mol. The maximum Gasteiger partial charge on any atom is 0.326 e. The van der Waals surface area contributed by atoms with E-state index >= 15 is 0 Å². The molecule has 0 aliphatic carbocycles. The van der Waals surface area contributed by atoms with Crippen molar-refractivity contribution >= 4 is 23.7 Å². The first-order chi connectivity index (χ1) is 18.4. The molecule has 2 aromatic carbocycles. The van der Waals surface area contributed by atoms with E-state index in [9.17, 15) is 34.5 Å². The molecule has 11 nitrogen and oxygen atoms in total. The van der Waals surface area contributed by atoms with Crippen LogP contribution in [0.3, 0.4) is 0 Å². The number of aliphatic hydroxyl groups excluding tert-OH is 1. The van der Waals surface area contributed by atoms with E-state index in [-0.39, 0.29) is 30.9 Å². The van der Waals surface area contributed by atoms with Gasteiger partial charge in [0.2, 0.25) is 17.7 Å². The molecule has 0 aliphatic heterocycles. The molecule has 0 aliphatic rings. The van der Waals surface area contributed by atoms with Gasteiger partial charge in [-0.3, -0.25) is 14.4 Å². The van der Waals surface area contributed by atoms with Crippen LogP contribution >= 0.6 is 0 Å². The molecule has 3 amide bonds. The van der Waals surface area contributed by atoms with E-state index in [2.05, 4.69) is 16.0 Å². The summed E-state index contributed by atoms with van der Waals surface area (Å²) in [5.74, 6) is -3.37. The number of amides is 3. The van der Waals surface area contributed by atoms with Gasteiger partial charge in [-0.05, 0) is 48.9 Å². The summed E-state index contributed by atoms with van der Waals surface area (Å²) in [7, 11) is 0. The number of aliphatic carboxylic acids is 1. The zero-order valence-electron chi connectivity index (χ0n) is 22.3. The maximum atomic E-state index is 13.2. The molecule has 212 valence electrons. The second-order valence-corrected chi connectivity index (χ2v) is 9.98. The number of carbonyl (C=O) groups excluding carboxylic acids is 3. The van der Waals surface area contributed by atoms with Crippen molar-refractivity contribution in [2.24, 2.45) is 11.7 Å². The summed E-state index contributed by atoms with van der Waals surface area (Å²) in [5, 5.41) is 36.7. The molecule has 0 aromatic heterocycles. The number of nitrogens with two attached hydrogens (primary N) is 1. The Morgan fingerprint density at radius 3 is 1.87 bits per heavy atom. The second-order valence-electron chi connectivity index (χ2n) is 9.98. The van der Waals surface area contributed by atoms with Gasteiger partial charge < -0.3 is 37.0 Å². The minimum atomic E-state index is -1.43. The predicted octanol–water partition coefficient (Wildman–Crippen LogP) is 0.471. The van der Waals surface area contributed by atoms with Gasteiger partial charge in [0, 0.05) is 6.42 Å². The highest BCUT2D eigenvalue weighted by Gasteiger charge is 2.32. The highest BCUT2D eigenvalue weighted by molar-refractivity contribution is 5.94. The molecule has 2 aromatic rings. The van der Waals surface area contributed by atoms with E-state index < -0.39 is 54.0 Å². The molecule has 0 heterocycles. The van der Waals surface area contributed by atoms with Crippen molar-refractivity contribution in [3.05, 3.63) is 65.7 Å². The maximum absolute atomic E-state index is 13.2. The van der Waals surface area contributed by atoms with Crippen LogP contribution in [0.15, 0.2) is 54.6 Å². The Morgan fingerprint density at radius 1 is 0.769 bits per heavy atom. The number of aliphatic hydroxyl groups is 1. The van der Waals surface area contributed by atoms with Crippen LogP contribution in [0.4, 0.5) is 0 Å². The van der Waals surface area contributed by atoms with Crippen LogP contribution in [-0.2, 0) is 32.0 Å². The largest absolute Gasteiger partial charge is 0.508 e. The smallest absolute Gasteiger partial charge is 0.326 e. The molecule has 39 heavy (non-hydrogen) atoms. The molecule has 8 N–H and O–H groups in total. The SMILES string of the molecule is CC(C)CC(NC(=O)C(Cc1ccccc1)NC(=O)C(NC(=O)C(N)Cc1ccc(O)cc1)C(C)O)C(=O)O. The number of phenolic OH excluding ortho intramolecular Hbond substituents is 1. The lowest BCUT2D eigenvalue weighted by Gasteiger charge is -2.27. The van der Waals surface area contributed by atoms with Gasteiger partial charge in [-0.15, -0.1) is 0 Å². The van der Waals surface area contributed by atoms with Crippen LogP contribution < -0.4 is 21.7 Å². The number of nitrogens with one attached hydrogen (secondary N) is 3. The second kappa shape index (κ2) is 14.8. The molecular formula is C28H38N4O7. The van der Waals surface area contributed by atoms with Crippen molar-refractivity contribution in [3.8, 4) is 5.75 Å². The third kappa shape index (κ3) is 10.4. The molecule has 0 saturated carbocycles. The first kappa shape index (κ1) is 31.3. The summed E-state index contributed by atoms with van der Waals surface area (Å²) in [6, 6.07) is 10.1. The normalized spacial score (nSPS) is 14.9. The Morgan fingerprint density at radius 2 is 1.33 bits per heavy atom. The van der Waals surface area contributed by atoms with Crippen molar-refractivity contribution < 1.29 is 34.5 Å². The number of carbonyl (C=O) groups is 4. The fraction of sp³-hybridized carbons (Fsp3) is 0.429. The number of carboxylic acids is 1. The third-order valence-electron chi connectivity index (χ3n) is 6.03. The van der Waals surface area contributed by atoms with E-state index in [0.717, 1.165) is 0 Å². The summed E-state index contributed by atoms with van der Waals surface area (Å²) in [6.07, 6.45) is -0.972. The topological polar surface area (TPSA) is 191 Å². The molecule has 5 atom stereocenters. The van der Waals surface area contributed by atoms with Crippen molar-refractivity contribution in [2.45, 2.75) is 70.3 Å². The number of benzene rings is 2. The van der Waals surface area contributed by atoms with Gasteiger partial charge in [0.05, 0.1) is 12.1 Å². The zero-order valence-corrected chi connectivity index (χ0v) is 22.3. The molecule has 11 heteroatoms. The Hall–Kier alpha value is -3.96. The van der Waals surface area contributed by atoms with Gasteiger partial charge in [-0.1, -0.05) is 56.3 Å². The van der Waals surface area contributed by atoms with Crippen molar-refractivity contribution in [3.63, 3.8) is 0 Å². The molecular weight excluding hydrogens is 504 g/mol. The highest BCUT2D eigenvalue weighted by atomic mass is 16.4. The van der Waals surface area contributed by atoms with Gasteiger partial charge >= 0.3 is 5.97 Å². The van der Waals surface area contributed by atoms with Crippen LogP contribution in [0.5, 0.6) is 5.75 Å². The Labute approximate surface area is 227 Å². The van der Waals surface area contributed by atoms with Crippen LogP contribution in [0.25, 0.3) is 0 Å². The van der Waals surface area contributed by atoms with Crippen molar-refractivity contribution in [2.75, 3.05) is 0 Å². The Kier molecular flexibility index (Phi) is 11.9. The van der Waals surface area contributed by atoms with Crippen LogP contribution in [0.2, 0.25) is 0 Å². The van der Waals surface area contributed by atoms with Crippen molar-refractivity contribution in [1.82, 2.24) is 16.0 Å². The molecule has 0 radical (unpaired) electrons. The summed E-state index contributed by atoms with van der Waals surface area (Å²) < 4.78 is 0. The van der Waals surface area contributed by atoms with E-state index in [1.807, 2.05) is 13.8 Å². The molecule has 5 unspecified atom stereocenters. The lowest BCUT2D eigenvalue weighted by molar-refractivity contribution is -0.143. The summed E-state index contributed by atoms with van der Waals surface area (Å²) in [4.78, 5) is 50.8. The number of phenols is 1. The van der Waals surface area contributed by atoms with Gasteiger partial charge in [-0.25, -0.2) is 4.79 Å². The predicted molar refractivity (Wildman–Crippen MR) is 144 cm³/mol. The standard InChI is InChI=1S/C28H38N4O7/c1-16(2)13-23(28(38)39)31-26(36)22(15-18-7-5-4-6-8-18)30-27(37)24(17(3)33)32-25(35)21(29)14-19-9-11-20(34)12-10-19/h4-12,16-17,21-24,33-34H,13-15,29H2,1-3H3,(H,30,37)(H,31,36)(H,32,35)(H,38,39). The number of rotatable bonds is 14. The monoisotopic (exact) mass is 542 g/mol. The summed E-state index contributed by atoms with van der Waals surface area (Å²) in [5.41, 5.74) is 7.40. The lowest BCUT2D eigenvalue weighted by atomic mass is 10.0. The van der Waals surface area contributed by atoms with Crippen LogP contribution in [0.1, 0.15) is 38.3 Å². The van der Waals surface area contributed by atoms with E-state index in [1.165, 1.54) is 19.1 Å². The first-order valence-electron chi connectivity index (χ1n) is 12.8. The van der Waals surface area contributed by atoms with Crippen LogP contribution in [-0.4, -0.2) is 69.3 Å². The van der Waals surface area contributed by atoms with E-state index in [1.54, 1.807) is 42.5 Å². The third-order valence-corrected chi connectivity index (χ3v) is 6.03. The minimum Gasteiger partial charge on any atom is -0.508 e. The molecule has 0 bridgehead atoms. The minimum absolute atomic E-state index is 0.00539. The number of aromatic hydroxyl groups is 1. The summed E-state index contributed by atoms with van der Waals surface area (Å²) in [6.45, 7) is 4.96.